The fourth-order valence-corrected chi connectivity index (χ4v) is 1.83. The quantitative estimate of drug-likeness (QED) is 0.411. The lowest BCUT2D eigenvalue weighted by atomic mass is 10.1. The Morgan fingerprint density at radius 1 is 0.765 bits per heavy atom. The largest absolute Gasteiger partial charge is 1.00 e. The zero-order chi connectivity index (χ0) is 12.1. The van der Waals surface area contributed by atoms with Crippen molar-refractivity contribution in [3.63, 3.8) is 0 Å². The molecule has 0 saturated heterocycles. The fraction of sp³-hybridized carbons (Fsp3) is 0.867. The lowest BCUT2D eigenvalue weighted by molar-refractivity contribution is -0.851. The smallest absolute Gasteiger partial charge is 0.0953 e. The first-order valence-electron chi connectivity index (χ1n) is 7.21. The third-order valence-corrected chi connectivity index (χ3v) is 2.92. The summed E-state index contributed by atoms with van der Waals surface area (Å²) in [7, 11) is 4.39. The van der Waals surface area contributed by atoms with Crippen LogP contribution in [0.2, 0.25) is 0 Å². The van der Waals surface area contributed by atoms with Crippen LogP contribution < -0.4 is 21.9 Å². The van der Waals surface area contributed by atoms with Crippen LogP contribution in [-0.4, -0.2) is 20.6 Å². The maximum absolute atomic E-state index is 2.35. The zero-order valence-electron chi connectivity index (χ0n) is 12.1. The van der Waals surface area contributed by atoms with E-state index in [0.29, 0.717) is 0 Å². The standard InChI is InChI=1S/C15H31N.BrH/c1-4-5-6-7-8-9-10-11-12-13-14-15-16(2)3;/h13-14H,4-12,15H2,1-3H3;1H. The second kappa shape index (κ2) is 16.2. The molecular weight excluding hydrogens is 274 g/mol. The average molecular weight is 306 g/mol. The first-order chi connectivity index (χ1) is 7.77. The van der Waals surface area contributed by atoms with Crippen molar-refractivity contribution in [2.24, 2.45) is 0 Å². The van der Waals surface area contributed by atoms with Gasteiger partial charge in [-0.3, -0.25) is 0 Å². The van der Waals surface area contributed by atoms with E-state index < -0.39 is 0 Å². The topological polar surface area (TPSA) is 4.44 Å². The van der Waals surface area contributed by atoms with Crippen molar-refractivity contribution in [3.05, 3.63) is 12.2 Å². The first kappa shape index (κ1) is 19.5. The third-order valence-electron chi connectivity index (χ3n) is 2.92. The highest BCUT2D eigenvalue weighted by atomic mass is 79.9. The van der Waals surface area contributed by atoms with Crippen LogP contribution in [-0.2, 0) is 0 Å². The maximum Gasteiger partial charge on any atom is 0.0953 e. The molecule has 0 aliphatic carbocycles. The second-order valence-corrected chi connectivity index (χ2v) is 5.15. The van der Waals surface area contributed by atoms with Gasteiger partial charge in [-0.1, -0.05) is 57.9 Å². The summed E-state index contributed by atoms with van der Waals surface area (Å²) in [4.78, 5) is 1.51. The number of allylic oxidation sites excluding steroid dienone is 1. The Labute approximate surface area is 119 Å². The minimum absolute atomic E-state index is 0. The number of hydrogen-bond acceptors (Lipinski definition) is 0. The minimum atomic E-state index is 0. The van der Waals surface area contributed by atoms with Gasteiger partial charge in [0.25, 0.3) is 0 Å². The summed E-state index contributed by atoms with van der Waals surface area (Å²) >= 11 is 0. The van der Waals surface area contributed by atoms with Crippen LogP contribution >= 0.6 is 0 Å². The van der Waals surface area contributed by atoms with E-state index >= 15 is 0 Å². The van der Waals surface area contributed by atoms with Gasteiger partial charge in [0, 0.05) is 0 Å². The van der Waals surface area contributed by atoms with Crippen LogP contribution in [0.15, 0.2) is 12.2 Å². The number of unbranched alkanes of at least 4 members (excludes halogenated alkanes) is 8. The molecule has 1 N–H and O–H groups in total. The molecule has 0 fully saturated rings. The molecule has 0 saturated carbocycles. The molecule has 0 aromatic heterocycles. The average Bonchev–Trinajstić information content (AvgIpc) is 2.25. The van der Waals surface area contributed by atoms with E-state index in [4.69, 9.17) is 0 Å². The summed E-state index contributed by atoms with van der Waals surface area (Å²) in [6.45, 7) is 3.44. The van der Waals surface area contributed by atoms with Crippen LogP contribution in [0.3, 0.4) is 0 Å². The van der Waals surface area contributed by atoms with Gasteiger partial charge >= 0.3 is 0 Å². The number of hydrogen-bond donors (Lipinski definition) is 1. The molecule has 0 bridgehead atoms. The van der Waals surface area contributed by atoms with Crippen molar-refractivity contribution in [2.45, 2.75) is 64.7 Å². The summed E-state index contributed by atoms with van der Waals surface area (Å²) < 4.78 is 0. The second-order valence-electron chi connectivity index (χ2n) is 5.15. The molecule has 0 radical (unpaired) electrons. The number of likely N-dealkylation sites (N-methyl/N-ethyl adjacent to an activating group) is 1. The summed E-state index contributed by atoms with van der Waals surface area (Å²) in [5.74, 6) is 0. The highest BCUT2D eigenvalue weighted by molar-refractivity contribution is 4.80. The molecule has 1 nitrogen and oxygen atoms in total. The number of quaternary nitrogens is 1. The lowest BCUT2D eigenvalue weighted by Gasteiger charge is -2.01. The van der Waals surface area contributed by atoms with Crippen molar-refractivity contribution < 1.29 is 21.9 Å². The van der Waals surface area contributed by atoms with E-state index in [9.17, 15) is 0 Å². The lowest BCUT2D eigenvalue weighted by Crippen LogP contribution is -3.05. The van der Waals surface area contributed by atoms with E-state index in [0.717, 1.165) is 6.54 Å². The molecule has 0 spiro atoms. The molecule has 0 unspecified atom stereocenters. The summed E-state index contributed by atoms with van der Waals surface area (Å²) in [6.07, 6.45) is 17.3. The molecule has 104 valence electrons. The number of halogens is 1. The van der Waals surface area contributed by atoms with Crippen LogP contribution in [0, 0.1) is 0 Å². The molecule has 2 heteroatoms. The van der Waals surface area contributed by atoms with Gasteiger partial charge in [-0.25, -0.2) is 0 Å². The van der Waals surface area contributed by atoms with Crippen molar-refractivity contribution in [2.75, 3.05) is 20.6 Å². The Bertz CT molecular complexity index is 155. The van der Waals surface area contributed by atoms with E-state index in [2.05, 4.69) is 33.2 Å². The fourth-order valence-electron chi connectivity index (χ4n) is 1.83. The third kappa shape index (κ3) is 18.7. The van der Waals surface area contributed by atoms with Crippen LogP contribution in [0.1, 0.15) is 64.7 Å². The molecule has 0 aromatic carbocycles. The number of rotatable bonds is 11. The minimum Gasteiger partial charge on any atom is -1.00 e. The van der Waals surface area contributed by atoms with Gasteiger partial charge in [0.2, 0.25) is 0 Å². The van der Waals surface area contributed by atoms with Gasteiger partial charge in [-0.2, -0.15) is 0 Å². The molecule has 0 heterocycles. The van der Waals surface area contributed by atoms with Gasteiger partial charge in [-0.05, 0) is 18.9 Å². The SMILES string of the molecule is CCCCCCCCCCC=CC[NH+](C)C.[Br-]. The number of nitrogens with one attached hydrogen (secondary N) is 1. The van der Waals surface area contributed by atoms with E-state index in [1.54, 1.807) is 0 Å². The molecule has 0 atom stereocenters. The van der Waals surface area contributed by atoms with Crippen LogP contribution in [0.5, 0.6) is 0 Å². The highest BCUT2D eigenvalue weighted by Crippen LogP contribution is 2.09. The van der Waals surface area contributed by atoms with Crippen molar-refractivity contribution >= 4 is 0 Å². The van der Waals surface area contributed by atoms with Crippen molar-refractivity contribution in [1.82, 2.24) is 0 Å². The molecule has 0 aliphatic heterocycles. The molecule has 0 rings (SSSR count). The Balaban J connectivity index is 0. The highest BCUT2D eigenvalue weighted by Gasteiger charge is 1.90. The predicted octanol–water partition coefficient (Wildman–Crippen LogP) is 0.222. The summed E-state index contributed by atoms with van der Waals surface area (Å²) in [5, 5.41) is 0. The molecule has 0 amide bonds. The van der Waals surface area contributed by atoms with E-state index in [1.807, 2.05) is 0 Å². The van der Waals surface area contributed by atoms with Crippen molar-refractivity contribution in [3.8, 4) is 0 Å². The first-order valence-corrected chi connectivity index (χ1v) is 7.21. The van der Waals surface area contributed by atoms with E-state index in [1.165, 1.54) is 62.7 Å². The van der Waals surface area contributed by atoms with Gasteiger partial charge in [0.15, 0.2) is 0 Å². The van der Waals surface area contributed by atoms with Gasteiger partial charge in [0.05, 0.1) is 20.6 Å². The Kier molecular flexibility index (Phi) is 18.6. The molecule has 17 heavy (non-hydrogen) atoms. The Hall–Kier alpha value is 0.180. The monoisotopic (exact) mass is 305 g/mol. The molecule has 0 aliphatic rings. The normalized spacial score (nSPS) is 11.1. The Morgan fingerprint density at radius 2 is 1.29 bits per heavy atom. The van der Waals surface area contributed by atoms with E-state index in [-0.39, 0.29) is 17.0 Å². The van der Waals surface area contributed by atoms with Gasteiger partial charge in [0.1, 0.15) is 0 Å². The maximum atomic E-state index is 2.35. The summed E-state index contributed by atoms with van der Waals surface area (Å²) in [5.41, 5.74) is 0. The Morgan fingerprint density at radius 3 is 1.82 bits per heavy atom. The van der Waals surface area contributed by atoms with Gasteiger partial charge in [-0.15, -0.1) is 0 Å². The predicted molar refractivity (Wildman–Crippen MR) is 74.0 cm³/mol. The molecule has 0 aromatic rings. The van der Waals surface area contributed by atoms with Gasteiger partial charge < -0.3 is 21.9 Å². The van der Waals surface area contributed by atoms with Crippen molar-refractivity contribution in [1.29, 1.82) is 0 Å². The molecular formula is C15H32BrN. The van der Waals surface area contributed by atoms with Crippen LogP contribution in [0.25, 0.3) is 0 Å². The summed E-state index contributed by atoms with van der Waals surface area (Å²) in [6, 6.07) is 0. The zero-order valence-corrected chi connectivity index (χ0v) is 13.7. The van der Waals surface area contributed by atoms with Crippen LogP contribution in [0.4, 0.5) is 0 Å².